The first kappa shape index (κ1) is 12.2. The summed E-state index contributed by atoms with van der Waals surface area (Å²) in [5, 5.41) is 14.1. The maximum absolute atomic E-state index is 8.70. The van der Waals surface area contributed by atoms with Crippen LogP contribution in [0.2, 0.25) is 0 Å². The number of thiophene rings is 1. The summed E-state index contributed by atoms with van der Waals surface area (Å²) in [6.07, 6.45) is 1.15. The molecule has 1 aromatic heterocycles. The average Bonchev–Trinajstić information content (AvgIpc) is 2.66. The molecule has 15 heavy (non-hydrogen) atoms. The molecular formula is C12H18N2S. The minimum Gasteiger partial charge on any atom is -0.309 e. The van der Waals surface area contributed by atoms with Gasteiger partial charge in [0.05, 0.1) is 5.56 Å². The zero-order chi connectivity index (χ0) is 11.3. The van der Waals surface area contributed by atoms with Crippen molar-refractivity contribution >= 4 is 11.3 Å². The Hall–Kier alpha value is -0.850. The fourth-order valence-electron chi connectivity index (χ4n) is 1.62. The average molecular weight is 222 g/mol. The maximum atomic E-state index is 8.70. The van der Waals surface area contributed by atoms with Gasteiger partial charge < -0.3 is 5.32 Å². The predicted octanol–water partition coefficient (Wildman–Crippen LogP) is 3.14. The van der Waals surface area contributed by atoms with Gasteiger partial charge in [0.15, 0.2) is 0 Å². The summed E-state index contributed by atoms with van der Waals surface area (Å²) in [5.41, 5.74) is 0.773. The van der Waals surface area contributed by atoms with Gasteiger partial charge in [0.2, 0.25) is 0 Å². The van der Waals surface area contributed by atoms with Crippen molar-refractivity contribution in [1.82, 2.24) is 5.32 Å². The number of nitrogens with zero attached hydrogens (tertiary/aromatic N) is 1. The predicted molar refractivity (Wildman–Crippen MR) is 64.8 cm³/mol. The Morgan fingerprint density at radius 2 is 2.27 bits per heavy atom. The standard InChI is InChI=1S/C12H18N2S/c1-4-12(9(2)3)14-7-11-5-10(6-13)8-15-11/h5,8-9,12,14H,4,7H2,1-3H3. The van der Waals surface area contributed by atoms with Crippen molar-refractivity contribution in [2.75, 3.05) is 0 Å². The first-order valence-corrected chi connectivity index (χ1v) is 6.26. The minimum atomic E-state index is 0.567. The van der Waals surface area contributed by atoms with Gasteiger partial charge in [0, 0.05) is 22.8 Å². The van der Waals surface area contributed by atoms with Crippen molar-refractivity contribution in [3.63, 3.8) is 0 Å². The molecular weight excluding hydrogens is 204 g/mol. The Kier molecular flexibility index (Phi) is 4.80. The summed E-state index contributed by atoms with van der Waals surface area (Å²) in [6.45, 7) is 7.54. The molecule has 1 atom stereocenters. The maximum Gasteiger partial charge on any atom is 0.100 e. The molecule has 1 unspecified atom stereocenters. The highest BCUT2D eigenvalue weighted by Gasteiger charge is 2.10. The van der Waals surface area contributed by atoms with E-state index < -0.39 is 0 Å². The van der Waals surface area contributed by atoms with Crippen LogP contribution < -0.4 is 5.32 Å². The van der Waals surface area contributed by atoms with Gasteiger partial charge in [-0.15, -0.1) is 11.3 Å². The summed E-state index contributed by atoms with van der Waals surface area (Å²) in [7, 11) is 0. The smallest absolute Gasteiger partial charge is 0.100 e. The van der Waals surface area contributed by atoms with E-state index in [4.69, 9.17) is 5.26 Å². The van der Waals surface area contributed by atoms with Gasteiger partial charge in [-0.1, -0.05) is 20.8 Å². The Labute approximate surface area is 95.9 Å². The van der Waals surface area contributed by atoms with Crippen LogP contribution in [0.3, 0.4) is 0 Å². The zero-order valence-corrected chi connectivity index (χ0v) is 10.4. The van der Waals surface area contributed by atoms with Crippen LogP contribution in [0, 0.1) is 17.2 Å². The number of nitriles is 1. The molecule has 0 spiro atoms. The second-order valence-electron chi connectivity index (χ2n) is 4.05. The summed E-state index contributed by atoms with van der Waals surface area (Å²) in [4.78, 5) is 1.24. The molecule has 1 N–H and O–H groups in total. The van der Waals surface area contributed by atoms with Crippen molar-refractivity contribution < 1.29 is 0 Å². The fourth-order valence-corrected chi connectivity index (χ4v) is 2.38. The largest absolute Gasteiger partial charge is 0.309 e. The lowest BCUT2D eigenvalue weighted by Crippen LogP contribution is -2.32. The summed E-state index contributed by atoms with van der Waals surface area (Å²) in [5.74, 6) is 0.658. The van der Waals surface area contributed by atoms with Crippen LogP contribution in [0.25, 0.3) is 0 Å². The van der Waals surface area contributed by atoms with Gasteiger partial charge in [-0.25, -0.2) is 0 Å². The summed E-state index contributed by atoms with van der Waals surface area (Å²) >= 11 is 1.65. The molecule has 1 aromatic rings. The lowest BCUT2D eigenvalue weighted by atomic mass is 10.0. The van der Waals surface area contributed by atoms with E-state index in [1.807, 2.05) is 11.4 Å². The molecule has 0 saturated carbocycles. The molecule has 0 bridgehead atoms. The van der Waals surface area contributed by atoms with E-state index >= 15 is 0 Å². The van der Waals surface area contributed by atoms with Gasteiger partial charge in [0.1, 0.15) is 6.07 Å². The molecule has 0 aliphatic carbocycles. The second-order valence-corrected chi connectivity index (χ2v) is 5.05. The fraction of sp³-hybridized carbons (Fsp3) is 0.583. The Balaban J connectivity index is 2.46. The molecule has 82 valence electrons. The Bertz CT molecular complexity index is 336. The zero-order valence-electron chi connectivity index (χ0n) is 9.58. The highest BCUT2D eigenvalue weighted by atomic mass is 32.1. The normalized spacial score (nSPS) is 12.7. The number of hydrogen-bond donors (Lipinski definition) is 1. The molecule has 3 heteroatoms. The SMILES string of the molecule is CCC(NCc1cc(C#N)cs1)C(C)C. The van der Waals surface area contributed by atoms with Crippen LogP contribution in [0.5, 0.6) is 0 Å². The first-order chi connectivity index (χ1) is 7.17. The molecule has 0 aliphatic rings. The van der Waals surface area contributed by atoms with E-state index in [0.29, 0.717) is 12.0 Å². The molecule has 2 nitrogen and oxygen atoms in total. The van der Waals surface area contributed by atoms with Crippen LogP contribution in [-0.2, 0) is 6.54 Å². The quantitative estimate of drug-likeness (QED) is 0.830. The van der Waals surface area contributed by atoms with Crippen LogP contribution in [0.4, 0.5) is 0 Å². The Morgan fingerprint density at radius 1 is 1.53 bits per heavy atom. The van der Waals surface area contributed by atoms with E-state index in [1.165, 1.54) is 4.88 Å². The van der Waals surface area contributed by atoms with Gasteiger partial charge in [-0.3, -0.25) is 0 Å². The molecule has 1 heterocycles. The van der Waals surface area contributed by atoms with E-state index in [2.05, 4.69) is 32.2 Å². The van der Waals surface area contributed by atoms with Crippen LogP contribution in [0.1, 0.15) is 37.6 Å². The molecule has 0 radical (unpaired) electrons. The van der Waals surface area contributed by atoms with Gasteiger partial charge in [0.25, 0.3) is 0 Å². The van der Waals surface area contributed by atoms with Crippen LogP contribution in [0.15, 0.2) is 11.4 Å². The van der Waals surface area contributed by atoms with Crippen LogP contribution in [-0.4, -0.2) is 6.04 Å². The molecule has 0 aliphatic heterocycles. The summed E-state index contributed by atoms with van der Waals surface area (Å²) in [6, 6.07) is 4.68. The molecule has 0 fully saturated rings. The van der Waals surface area contributed by atoms with Crippen molar-refractivity contribution in [1.29, 1.82) is 5.26 Å². The first-order valence-electron chi connectivity index (χ1n) is 5.38. The number of nitrogens with one attached hydrogen (secondary N) is 1. The van der Waals surface area contributed by atoms with E-state index in [9.17, 15) is 0 Å². The van der Waals surface area contributed by atoms with Gasteiger partial charge in [-0.05, 0) is 18.4 Å². The van der Waals surface area contributed by atoms with Crippen molar-refractivity contribution in [2.45, 2.75) is 39.8 Å². The van der Waals surface area contributed by atoms with Gasteiger partial charge in [-0.2, -0.15) is 5.26 Å². The molecule has 1 rings (SSSR count). The summed E-state index contributed by atoms with van der Waals surface area (Å²) < 4.78 is 0. The van der Waals surface area contributed by atoms with E-state index in [0.717, 1.165) is 18.5 Å². The highest BCUT2D eigenvalue weighted by molar-refractivity contribution is 7.10. The highest BCUT2D eigenvalue weighted by Crippen LogP contribution is 2.14. The lowest BCUT2D eigenvalue weighted by Gasteiger charge is -2.20. The molecule has 0 saturated heterocycles. The minimum absolute atomic E-state index is 0.567. The Morgan fingerprint density at radius 3 is 2.73 bits per heavy atom. The van der Waals surface area contributed by atoms with Crippen molar-refractivity contribution in [3.05, 3.63) is 21.9 Å². The third-order valence-corrected chi connectivity index (χ3v) is 3.50. The third-order valence-electron chi connectivity index (χ3n) is 2.57. The van der Waals surface area contributed by atoms with E-state index in [1.54, 1.807) is 11.3 Å². The van der Waals surface area contributed by atoms with Crippen molar-refractivity contribution in [2.24, 2.45) is 5.92 Å². The second kappa shape index (κ2) is 5.89. The van der Waals surface area contributed by atoms with Gasteiger partial charge >= 0.3 is 0 Å². The number of rotatable bonds is 5. The van der Waals surface area contributed by atoms with E-state index in [-0.39, 0.29) is 0 Å². The van der Waals surface area contributed by atoms with Crippen molar-refractivity contribution in [3.8, 4) is 6.07 Å². The van der Waals surface area contributed by atoms with Crippen LogP contribution >= 0.6 is 11.3 Å². The monoisotopic (exact) mass is 222 g/mol. The molecule has 0 aromatic carbocycles. The topological polar surface area (TPSA) is 35.8 Å². The molecule has 0 amide bonds. The number of hydrogen-bond acceptors (Lipinski definition) is 3. The lowest BCUT2D eigenvalue weighted by molar-refractivity contribution is 0.389. The third kappa shape index (κ3) is 3.65.